The molecule has 0 spiro atoms. The van der Waals surface area contributed by atoms with E-state index in [0.717, 1.165) is 13.0 Å². The van der Waals surface area contributed by atoms with E-state index in [4.69, 9.17) is 5.73 Å². The number of nitrogen functional groups attached to an aromatic ring is 1. The van der Waals surface area contributed by atoms with Crippen LogP contribution in [0.2, 0.25) is 0 Å². The van der Waals surface area contributed by atoms with E-state index in [1.54, 1.807) is 6.20 Å². The molecule has 0 amide bonds. The van der Waals surface area contributed by atoms with Crippen LogP contribution in [-0.4, -0.2) is 17.6 Å². The Kier molecular flexibility index (Phi) is 4.20. The zero-order valence-electron chi connectivity index (χ0n) is 12.5. The minimum Gasteiger partial charge on any atom is -0.384 e. The molecule has 1 aliphatic rings. The van der Waals surface area contributed by atoms with Crippen LogP contribution in [0.4, 0.5) is 5.82 Å². The first-order valence-corrected chi connectivity index (χ1v) is 7.77. The van der Waals surface area contributed by atoms with Crippen molar-refractivity contribution in [1.82, 2.24) is 10.3 Å². The van der Waals surface area contributed by atoms with Gasteiger partial charge in [0.05, 0.1) is 0 Å². The highest BCUT2D eigenvalue weighted by Crippen LogP contribution is 2.30. The summed E-state index contributed by atoms with van der Waals surface area (Å²) in [6.45, 7) is 3.17. The van der Waals surface area contributed by atoms with Crippen LogP contribution >= 0.6 is 0 Å². The predicted octanol–water partition coefficient (Wildman–Crippen LogP) is 2.60. The number of pyridine rings is 1. The van der Waals surface area contributed by atoms with E-state index in [2.05, 4.69) is 47.6 Å². The summed E-state index contributed by atoms with van der Waals surface area (Å²) in [5, 5.41) is 3.67. The molecule has 0 saturated carbocycles. The van der Waals surface area contributed by atoms with Gasteiger partial charge in [-0.2, -0.15) is 0 Å². The lowest BCUT2D eigenvalue weighted by Gasteiger charge is -2.24. The fourth-order valence-corrected chi connectivity index (χ4v) is 3.42. The number of rotatable bonds is 5. The van der Waals surface area contributed by atoms with E-state index >= 15 is 0 Å². The number of nitrogens with zero attached hydrogens (tertiary/aromatic N) is 1. The van der Waals surface area contributed by atoms with Crippen molar-refractivity contribution >= 4 is 5.82 Å². The number of nitrogens with one attached hydrogen (secondary N) is 1. The molecule has 0 saturated heterocycles. The van der Waals surface area contributed by atoms with Crippen LogP contribution in [0.3, 0.4) is 0 Å². The molecule has 2 aromatic rings. The monoisotopic (exact) mass is 281 g/mol. The number of likely N-dealkylation sites (N-methyl/N-ethyl adjacent to an activating group) is 1. The lowest BCUT2D eigenvalue weighted by Crippen LogP contribution is -2.38. The molecular formula is C18H23N3. The van der Waals surface area contributed by atoms with E-state index in [0.29, 0.717) is 17.8 Å². The zero-order chi connectivity index (χ0) is 14.7. The molecular weight excluding hydrogens is 258 g/mol. The molecule has 21 heavy (non-hydrogen) atoms. The molecule has 1 aliphatic carbocycles. The maximum atomic E-state index is 5.80. The van der Waals surface area contributed by atoms with Gasteiger partial charge < -0.3 is 11.1 Å². The highest BCUT2D eigenvalue weighted by Gasteiger charge is 2.28. The van der Waals surface area contributed by atoms with Crippen molar-refractivity contribution in [2.45, 2.75) is 32.2 Å². The van der Waals surface area contributed by atoms with Gasteiger partial charge in [-0.15, -0.1) is 0 Å². The normalized spacial score (nSPS) is 15.9. The van der Waals surface area contributed by atoms with Gasteiger partial charge in [-0.3, -0.25) is 0 Å². The first kappa shape index (κ1) is 14.1. The van der Waals surface area contributed by atoms with Crippen LogP contribution < -0.4 is 11.1 Å². The average molecular weight is 281 g/mol. The molecule has 3 nitrogen and oxygen atoms in total. The molecule has 1 unspecified atom stereocenters. The van der Waals surface area contributed by atoms with E-state index in [9.17, 15) is 0 Å². The summed E-state index contributed by atoms with van der Waals surface area (Å²) >= 11 is 0. The molecule has 1 aromatic heterocycles. The van der Waals surface area contributed by atoms with Crippen molar-refractivity contribution in [2.75, 3.05) is 12.3 Å². The highest BCUT2D eigenvalue weighted by atomic mass is 14.9. The summed E-state index contributed by atoms with van der Waals surface area (Å²) in [6, 6.07) is 13.4. The number of anilines is 1. The Morgan fingerprint density at radius 1 is 1.24 bits per heavy atom. The second-order valence-electron chi connectivity index (χ2n) is 5.89. The molecule has 3 heteroatoms. The summed E-state index contributed by atoms with van der Waals surface area (Å²) in [5.74, 6) is 1.27. The number of hydrogen-bond donors (Lipinski definition) is 2. The molecule has 1 atom stereocenters. The second kappa shape index (κ2) is 6.27. The maximum Gasteiger partial charge on any atom is 0.123 e. The number of nitrogens with two attached hydrogens (primary N) is 1. The fourth-order valence-electron chi connectivity index (χ4n) is 3.42. The first-order valence-electron chi connectivity index (χ1n) is 7.77. The van der Waals surface area contributed by atoms with Crippen molar-refractivity contribution in [3.8, 4) is 0 Å². The first-order chi connectivity index (χ1) is 10.3. The third-order valence-electron chi connectivity index (χ3n) is 4.42. The van der Waals surface area contributed by atoms with E-state index in [1.807, 2.05) is 6.07 Å². The predicted molar refractivity (Wildman–Crippen MR) is 87.2 cm³/mol. The molecule has 1 aromatic carbocycles. The Labute approximate surface area is 126 Å². The fraction of sp³-hybridized carbons (Fsp3) is 0.389. The maximum absolute atomic E-state index is 5.80. The Morgan fingerprint density at radius 2 is 1.95 bits per heavy atom. The Bertz CT molecular complexity index is 584. The van der Waals surface area contributed by atoms with Gasteiger partial charge in [0, 0.05) is 12.2 Å². The number of fused-ring (bicyclic) bond motifs is 1. The van der Waals surface area contributed by atoms with Gasteiger partial charge in [-0.05, 0) is 60.5 Å². The molecule has 3 N–H and O–H groups in total. The molecule has 0 radical (unpaired) electrons. The van der Waals surface area contributed by atoms with Crippen molar-refractivity contribution in [1.29, 1.82) is 0 Å². The van der Waals surface area contributed by atoms with Gasteiger partial charge in [-0.25, -0.2) is 4.98 Å². The van der Waals surface area contributed by atoms with E-state index in [-0.39, 0.29) is 0 Å². The number of benzene rings is 1. The summed E-state index contributed by atoms with van der Waals surface area (Å²) in [5.41, 5.74) is 10.1. The van der Waals surface area contributed by atoms with Crippen molar-refractivity contribution in [3.05, 3.63) is 59.3 Å². The molecule has 3 rings (SSSR count). The smallest absolute Gasteiger partial charge is 0.123 e. The summed E-state index contributed by atoms with van der Waals surface area (Å²) in [4.78, 5) is 4.08. The standard InChI is InChI=1S/C18H23N3/c1-2-20-17(9-13-7-8-21-18(19)10-13)16-11-14-5-3-4-6-15(14)12-16/h3-8,10,16-17,20H,2,9,11-12H2,1H3,(H2,19,21). The average Bonchev–Trinajstić information content (AvgIpc) is 2.91. The summed E-state index contributed by atoms with van der Waals surface area (Å²) in [6.07, 6.45) is 5.17. The summed E-state index contributed by atoms with van der Waals surface area (Å²) < 4.78 is 0. The number of aromatic nitrogens is 1. The van der Waals surface area contributed by atoms with Crippen molar-refractivity contribution in [2.24, 2.45) is 5.92 Å². The highest BCUT2D eigenvalue weighted by molar-refractivity contribution is 5.34. The van der Waals surface area contributed by atoms with Crippen molar-refractivity contribution in [3.63, 3.8) is 0 Å². The molecule has 1 heterocycles. The second-order valence-corrected chi connectivity index (χ2v) is 5.89. The minimum atomic E-state index is 0.490. The minimum absolute atomic E-state index is 0.490. The number of hydrogen-bond acceptors (Lipinski definition) is 3. The van der Waals surface area contributed by atoms with Crippen LogP contribution in [0.1, 0.15) is 23.6 Å². The Morgan fingerprint density at radius 3 is 2.57 bits per heavy atom. The van der Waals surface area contributed by atoms with Crippen LogP contribution in [0.5, 0.6) is 0 Å². The molecule has 0 fully saturated rings. The van der Waals surface area contributed by atoms with Crippen LogP contribution in [-0.2, 0) is 19.3 Å². The topological polar surface area (TPSA) is 50.9 Å². The molecule has 0 aliphatic heterocycles. The van der Waals surface area contributed by atoms with Gasteiger partial charge in [-0.1, -0.05) is 31.2 Å². The quantitative estimate of drug-likeness (QED) is 0.885. The molecule has 110 valence electrons. The SMILES string of the molecule is CCNC(Cc1ccnc(N)c1)C1Cc2ccccc2C1. The van der Waals surface area contributed by atoms with Gasteiger partial charge in [0.25, 0.3) is 0 Å². The van der Waals surface area contributed by atoms with Crippen LogP contribution in [0.25, 0.3) is 0 Å². The van der Waals surface area contributed by atoms with Crippen LogP contribution in [0, 0.1) is 5.92 Å². The molecule has 0 bridgehead atoms. The Hall–Kier alpha value is -1.87. The van der Waals surface area contributed by atoms with Gasteiger partial charge in [0.2, 0.25) is 0 Å². The Balaban J connectivity index is 1.74. The van der Waals surface area contributed by atoms with Gasteiger partial charge in [0.1, 0.15) is 5.82 Å². The van der Waals surface area contributed by atoms with Crippen LogP contribution in [0.15, 0.2) is 42.6 Å². The largest absolute Gasteiger partial charge is 0.384 e. The van der Waals surface area contributed by atoms with E-state index in [1.165, 1.54) is 29.5 Å². The lowest BCUT2D eigenvalue weighted by atomic mass is 9.91. The third kappa shape index (κ3) is 3.24. The lowest BCUT2D eigenvalue weighted by molar-refractivity contribution is 0.368. The van der Waals surface area contributed by atoms with Gasteiger partial charge in [0.15, 0.2) is 0 Å². The third-order valence-corrected chi connectivity index (χ3v) is 4.42. The summed E-state index contributed by atoms with van der Waals surface area (Å²) in [7, 11) is 0. The van der Waals surface area contributed by atoms with Crippen molar-refractivity contribution < 1.29 is 0 Å². The van der Waals surface area contributed by atoms with Gasteiger partial charge >= 0.3 is 0 Å². The van der Waals surface area contributed by atoms with E-state index < -0.39 is 0 Å². The zero-order valence-corrected chi connectivity index (χ0v) is 12.5.